The lowest BCUT2D eigenvalue weighted by atomic mass is 10.1. The number of carbonyl (C=O) groups excluding carboxylic acids is 2. The summed E-state index contributed by atoms with van der Waals surface area (Å²) in [6.45, 7) is 3.73. The van der Waals surface area contributed by atoms with Gasteiger partial charge in [0.05, 0.1) is 23.2 Å². The summed E-state index contributed by atoms with van der Waals surface area (Å²) in [5.41, 5.74) is 0.944. The van der Waals surface area contributed by atoms with Gasteiger partial charge in [0.15, 0.2) is 6.10 Å². The van der Waals surface area contributed by atoms with Gasteiger partial charge in [0.1, 0.15) is 5.75 Å². The van der Waals surface area contributed by atoms with E-state index in [0.29, 0.717) is 16.3 Å². The number of carbonyl (C=O) groups is 2. The molecule has 0 saturated heterocycles. The summed E-state index contributed by atoms with van der Waals surface area (Å²) in [7, 11) is -3.61. The normalized spacial score (nSPS) is 16.2. The number of para-hydroxylation sites is 1. The number of sulfonamides is 1. The molecular weight excluding hydrogens is 442 g/mol. The predicted molar refractivity (Wildman–Crippen MR) is 120 cm³/mol. The second-order valence-electron chi connectivity index (χ2n) is 7.51. The first-order chi connectivity index (χ1) is 14.6. The van der Waals surface area contributed by atoms with Crippen LogP contribution in [-0.4, -0.2) is 45.2 Å². The van der Waals surface area contributed by atoms with Crippen LogP contribution in [0, 0.1) is 0 Å². The zero-order valence-corrected chi connectivity index (χ0v) is 19.0. The highest BCUT2D eigenvalue weighted by molar-refractivity contribution is 7.92. The zero-order valence-electron chi connectivity index (χ0n) is 17.4. The topological polar surface area (TPSA) is 105 Å². The molecule has 166 valence electrons. The third-order valence-corrected chi connectivity index (χ3v) is 6.01. The molecule has 0 aromatic heterocycles. The van der Waals surface area contributed by atoms with Crippen molar-refractivity contribution in [2.24, 2.45) is 0 Å². The Bertz CT molecular complexity index is 1100. The summed E-state index contributed by atoms with van der Waals surface area (Å²) in [6.07, 6.45) is 0.237. The molecule has 1 aliphatic heterocycles. The second-order valence-corrected chi connectivity index (χ2v) is 9.85. The van der Waals surface area contributed by atoms with Gasteiger partial charge in [-0.2, -0.15) is 0 Å². The number of benzene rings is 2. The minimum Gasteiger partial charge on any atom is -0.478 e. The number of nitrogens with one attached hydrogen (secondary N) is 2. The quantitative estimate of drug-likeness (QED) is 0.706. The van der Waals surface area contributed by atoms with Gasteiger partial charge in [-0.05, 0) is 44.2 Å². The van der Waals surface area contributed by atoms with Gasteiger partial charge in [0.2, 0.25) is 10.0 Å². The van der Waals surface area contributed by atoms with E-state index in [1.54, 1.807) is 30.3 Å². The van der Waals surface area contributed by atoms with Crippen molar-refractivity contribution >= 4 is 44.8 Å². The summed E-state index contributed by atoms with van der Waals surface area (Å²) < 4.78 is 31.6. The van der Waals surface area contributed by atoms with Crippen molar-refractivity contribution < 1.29 is 22.7 Å². The molecule has 10 heteroatoms. The maximum absolute atomic E-state index is 13.0. The van der Waals surface area contributed by atoms with E-state index in [-0.39, 0.29) is 36.4 Å². The molecule has 0 bridgehead atoms. The molecule has 1 aliphatic rings. The highest BCUT2D eigenvalue weighted by atomic mass is 35.5. The predicted octanol–water partition coefficient (Wildman–Crippen LogP) is 3.03. The Balaban J connectivity index is 1.86. The molecule has 2 N–H and O–H groups in total. The van der Waals surface area contributed by atoms with Crippen molar-refractivity contribution in [2.75, 3.05) is 22.4 Å². The third kappa shape index (κ3) is 5.48. The molecule has 0 saturated carbocycles. The van der Waals surface area contributed by atoms with Gasteiger partial charge in [-0.1, -0.05) is 23.7 Å². The second kappa shape index (κ2) is 9.15. The van der Waals surface area contributed by atoms with E-state index in [9.17, 15) is 18.0 Å². The van der Waals surface area contributed by atoms with Crippen molar-refractivity contribution in [1.29, 1.82) is 0 Å². The molecule has 2 aromatic carbocycles. The molecule has 31 heavy (non-hydrogen) atoms. The Morgan fingerprint density at radius 2 is 1.90 bits per heavy atom. The maximum atomic E-state index is 13.0. The minimum atomic E-state index is -3.61. The Labute approximate surface area is 186 Å². The fourth-order valence-electron chi connectivity index (χ4n) is 3.22. The average molecular weight is 466 g/mol. The molecular formula is C21H24ClN3O5S. The van der Waals surface area contributed by atoms with E-state index in [1.807, 2.05) is 13.8 Å². The number of amides is 2. The highest BCUT2D eigenvalue weighted by Crippen LogP contribution is 2.36. The van der Waals surface area contributed by atoms with Gasteiger partial charge < -0.3 is 15.4 Å². The van der Waals surface area contributed by atoms with Crippen molar-refractivity contribution in [3.8, 4) is 5.75 Å². The Kier molecular flexibility index (Phi) is 6.76. The van der Waals surface area contributed by atoms with Crippen LogP contribution >= 0.6 is 11.6 Å². The SMILES string of the molecule is CC(C)NC(=O)c1ccccc1NC(=O)[C@@H]1CCN(S(C)(=O)=O)c2cc(Cl)ccc2O1. The maximum Gasteiger partial charge on any atom is 0.265 e. The van der Waals surface area contributed by atoms with E-state index in [2.05, 4.69) is 10.6 Å². The van der Waals surface area contributed by atoms with Crippen molar-refractivity contribution in [3.63, 3.8) is 0 Å². The fourth-order valence-corrected chi connectivity index (χ4v) is 4.33. The van der Waals surface area contributed by atoms with Crippen LogP contribution < -0.4 is 19.7 Å². The molecule has 0 unspecified atom stereocenters. The highest BCUT2D eigenvalue weighted by Gasteiger charge is 2.32. The lowest BCUT2D eigenvalue weighted by molar-refractivity contribution is -0.122. The first-order valence-corrected chi connectivity index (χ1v) is 11.9. The van der Waals surface area contributed by atoms with E-state index in [4.69, 9.17) is 16.3 Å². The molecule has 3 rings (SSSR count). The van der Waals surface area contributed by atoms with E-state index < -0.39 is 22.0 Å². The number of fused-ring (bicyclic) bond motifs is 1. The summed E-state index contributed by atoms with van der Waals surface area (Å²) in [4.78, 5) is 25.4. The van der Waals surface area contributed by atoms with Crippen molar-refractivity contribution in [3.05, 3.63) is 53.1 Å². The minimum absolute atomic E-state index is 0.0414. The third-order valence-electron chi connectivity index (χ3n) is 4.60. The van der Waals surface area contributed by atoms with Crippen molar-refractivity contribution in [1.82, 2.24) is 5.32 Å². The number of rotatable bonds is 5. The molecule has 8 nitrogen and oxygen atoms in total. The lowest BCUT2D eigenvalue weighted by Gasteiger charge is -2.21. The number of hydrogen-bond donors (Lipinski definition) is 2. The lowest BCUT2D eigenvalue weighted by Crippen LogP contribution is -2.36. The molecule has 2 aromatic rings. The molecule has 0 aliphatic carbocycles. The first-order valence-electron chi connectivity index (χ1n) is 9.71. The average Bonchev–Trinajstić information content (AvgIpc) is 2.87. The molecule has 0 fully saturated rings. The first kappa shape index (κ1) is 22.9. The molecule has 0 spiro atoms. The van der Waals surface area contributed by atoms with Crippen LogP contribution in [-0.2, 0) is 14.8 Å². The summed E-state index contributed by atoms with van der Waals surface area (Å²) in [5, 5.41) is 5.89. The van der Waals surface area contributed by atoms with Gasteiger partial charge >= 0.3 is 0 Å². The van der Waals surface area contributed by atoms with Gasteiger partial charge in [0.25, 0.3) is 11.8 Å². The van der Waals surface area contributed by atoms with Gasteiger partial charge in [0, 0.05) is 24.0 Å². The Morgan fingerprint density at radius 3 is 2.58 bits per heavy atom. The fraction of sp³-hybridized carbons (Fsp3) is 0.333. The molecule has 1 heterocycles. The van der Waals surface area contributed by atoms with Crippen LogP contribution in [0.15, 0.2) is 42.5 Å². The van der Waals surface area contributed by atoms with Crippen LogP contribution in [0.5, 0.6) is 5.75 Å². The number of anilines is 2. The summed E-state index contributed by atoms with van der Waals surface area (Å²) >= 11 is 6.04. The van der Waals surface area contributed by atoms with E-state index in [1.165, 1.54) is 16.4 Å². The van der Waals surface area contributed by atoms with Crippen LogP contribution in [0.4, 0.5) is 11.4 Å². The van der Waals surface area contributed by atoms with Crippen molar-refractivity contribution in [2.45, 2.75) is 32.4 Å². The molecule has 1 atom stereocenters. The largest absolute Gasteiger partial charge is 0.478 e. The van der Waals surface area contributed by atoms with Gasteiger partial charge in [-0.25, -0.2) is 8.42 Å². The number of nitrogens with zero attached hydrogens (tertiary/aromatic N) is 1. The van der Waals surface area contributed by atoms with Crippen LogP contribution in [0.25, 0.3) is 0 Å². The van der Waals surface area contributed by atoms with Crippen LogP contribution in [0.2, 0.25) is 5.02 Å². The Hall–Kier alpha value is -2.78. The summed E-state index contributed by atoms with van der Waals surface area (Å²) in [5.74, 6) is -0.560. The van der Waals surface area contributed by atoms with E-state index >= 15 is 0 Å². The molecule has 0 radical (unpaired) electrons. The van der Waals surface area contributed by atoms with Crippen LogP contribution in [0.3, 0.4) is 0 Å². The van der Waals surface area contributed by atoms with Crippen LogP contribution in [0.1, 0.15) is 30.6 Å². The Morgan fingerprint density at radius 1 is 1.19 bits per heavy atom. The zero-order chi connectivity index (χ0) is 22.8. The number of hydrogen-bond acceptors (Lipinski definition) is 5. The van der Waals surface area contributed by atoms with E-state index in [0.717, 1.165) is 6.26 Å². The monoisotopic (exact) mass is 465 g/mol. The smallest absolute Gasteiger partial charge is 0.265 e. The van der Waals surface area contributed by atoms with Gasteiger partial charge in [-0.15, -0.1) is 0 Å². The molecule has 2 amide bonds. The standard InChI is InChI=1S/C21H24ClN3O5S/c1-13(2)23-20(26)15-6-4-5-7-16(15)24-21(27)19-10-11-25(31(3,28)29)17-12-14(22)8-9-18(17)30-19/h4-9,12-13,19H,10-11H2,1-3H3,(H,23,26)(H,24,27)/t19-/m0/s1. The number of ether oxygens (including phenoxy) is 1. The van der Waals surface area contributed by atoms with Gasteiger partial charge in [-0.3, -0.25) is 13.9 Å². The number of halogens is 1. The summed E-state index contributed by atoms with van der Waals surface area (Å²) in [6, 6.07) is 11.2.